The predicted octanol–water partition coefficient (Wildman–Crippen LogP) is 3.83. The molecule has 2 nitrogen and oxygen atoms in total. The lowest BCUT2D eigenvalue weighted by Crippen LogP contribution is -2.24. The van der Waals surface area contributed by atoms with Crippen LogP contribution in [-0.4, -0.2) is 11.5 Å². The van der Waals surface area contributed by atoms with Crippen molar-refractivity contribution < 1.29 is 4.39 Å². The van der Waals surface area contributed by atoms with E-state index in [9.17, 15) is 4.39 Å². The number of hydrogen-bond acceptors (Lipinski definition) is 2. The molecule has 1 aromatic heterocycles. The van der Waals surface area contributed by atoms with Crippen molar-refractivity contribution in [2.75, 3.05) is 6.54 Å². The molecule has 100 valence electrons. The van der Waals surface area contributed by atoms with Crippen LogP contribution in [0, 0.1) is 16.3 Å². The first-order valence-corrected chi connectivity index (χ1v) is 7.30. The lowest BCUT2D eigenvalue weighted by Gasteiger charge is -2.21. The van der Waals surface area contributed by atoms with Gasteiger partial charge in [-0.05, 0) is 53.3 Å². The minimum absolute atomic E-state index is 0.139. The molecule has 1 atom stereocenters. The van der Waals surface area contributed by atoms with E-state index in [-0.39, 0.29) is 11.9 Å². The Kier molecular flexibility index (Phi) is 4.87. The quantitative estimate of drug-likeness (QED) is 0.828. The maximum Gasteiger partial charge on any atom is 0.146 e. The molecule has 2 aromatic rings. The first kappa shape index (κ1) is 14.4. The molecule has 0 bridgehead atoms. The SMILES string of the molecule is CCNC(c1ccncc1F)c1cccc(C)c1I. The Labute approximate surface area is 126 Å². The summed E-state index contributed by atoms with van der Waals surface area (Å²) in [5.41, 5.74) is 2.95. The molecule has 0 spiro atoms. The summed E-state index contributed by atoms with van der Waals surface area (Å²) >= 11 is 2.32. The summed E-state index contributed by atoms with van der Waals surface area (Å²) in [5, 5.41) is 3.35. The topological polar surface area (TPSA) is 24.9 Å². The highest BCUT2D eigenvalue weighted by atomic mass is 127. The van der Waals surface area contributed by atoms with E-state index in [2.05, 4.69) is 45.9 Å². The Morgan fingerprint density at radius 3 is 2.79 bits per heavy atom. The number of nitrogens with zero attached hydrogens (tertiary/aromatic N) is 1. The highest BCUT2D eigenvalue weighted by Gasteiger charge is 2.19. The van der Waals surface area contributed by atoms with Gasteiger partial charge in [0.25, 0.3) is 0 Å². The summed E-state index contributed by atoms with van der Waals surface area (Å²) in [6.07, 6.45) is 2.90. The first-order valence-electron chi connectivity index (χ1n) is 6.23. The van der Waals surface area contributed by atoms with Crippen molar-refractivity contribution in [1.82, 2.24) is 10.3 Å². The smallest absolute Gasteiger partial charge is 0.146 e. The second-order valence-corrected chi connectivity index (χ2v) is 5.44. The number of nitrogens with one attached hydrogen (secondary N) is 1. The summed E-state index contributed by atoms with van der Waals surface area (Å²) in [6.45, 7) is 4.86. The normalized spacial score (nSPS) is 12.4. The van der Waals surface area contributed by atoms with E-state index in [1.54, 1.807) is 12.3 Å². The molecule has 19 heavy (non-hydrogen) atoms. The van der Waals surface area contributed by atoms with Gasteiger partial charge < -0.3 is 5.32 Å². The van der Waals surface area contributed by atoms with Gasteiger partial charge in [0.05, 0.1) is 12.2 Å². The highest BCUT2D eigenvalue weighted by Crippen LogP contribution is 2.29. The van der Waals surface area contributed by atoms with Gasteiger partial charge in [-0.15, -0.1) is 0 Å². The fourth-order valence-electron chi connectivity index (χ4n) is 2.10. The van der Waals surface area contributed by atoms with E-state index in [1.165, 1.54) is 15.3 Å². The molecule has 0 radical (unpaired) electrons. The van der Waals surface area contributed by atoms with Gasteiger partial charge in [-0.2, -0.15) is 0 Å². The molecule has 2 rings (SSSR count). The van der Waals surface area contributed by atoms with Crippen LogP contribution in [0.15, 0.2) is 36.7 Å². The van der Waals surface area contributed by atoms with E-state index in [0.29, 0.717) is 5.56 Å². The van der Waals surface area contributed by atoms with E-state index < -0.39 is 0 Å². The third kappa shape index (κ3) is 3.12. The van der Waals surface area contributed by atoms with Gasteiger partial charge >= 0.3 is 0 Å². The molecule has 0 saturated carbocycles. The lowest BCUT2D eigenvalue weighted by atomic mass is 9.97. The number of aromatic nitrogens is 1. The molecule has 1 aromatic carbocycles. The van der Waals surface area contributed by atoms with Gasteiger partial charge in [-0.3, -0.25) is 4.98 Å². The van der Waals surface area contributed by atoms with Gasteiger partial charge in [-0.1, -0.05) is 25.1 Å². The standard InChI is InChI=1S/C15H16FIN2/c1-3-19-15(11-7-8-18-9-13(11)16)12-6-4-5-10(2)14(12)17/h4-9,15,19H,3H2,1-2H3. The molecule has 1 unspecified atom stereocenters. The molecule has 1 N–H and O–H groups in total. The number of halogens is 2. The second kappa shape index (κ2) is 6.43. The Morgan fingerprint density at radius 1 is 1.32 bits per heavy atom. The molecular weight excluding hydrogens is 354 g/mol. The van der Waals surface area contributed by atoms with Gasteiger partial charge in [0, 0.05) is 15.3 Å². The third-order valence-corrected chi connectivity index (χ3v) is 4.53. The van der Waals surface area contributed by atoms with E-state index in [4.69, 9.17) is 0 Å². The van der Waals surface area contributed by atoms with Crippen molar-refractivity contribution >= 4 is 22.6 Å². The predicted molar refractivity (Wildman–Crippen MR) is 83.6 cm³/mol. The van der Waals surface area contributed by atoms with Crippen LogP contribution >= 0.6 is 22.6 Å². The lowest BCUT2D eigenvalue weighted by molar-refractivity contribution is 0.553. The monoisotopic (exact) mass is 370 g/mol. The molecule has 0 saturated heterocycles. The Balaban J connectivity index is 2.52. The molecule has 0 aliphatic heterocycles. The Morgan fingerprint density at radius 2 is 2.11 bits per heavy atom. The maximum atomic E-state index is 14.0. The number of rotatable bonds is 4. The molecule has 4 heteroatoms. The fourth-order valence-corrected chi connectivity index (χ4v) is 2.78. The summed E-state index contributed by atoms with van der Waals surface area (Å²) < 4.78 is 15.1. The number of aryl methyl sites for hydroxylation is 1. The summed E-state index contributed by atoms with van der Waals surface area (Å²) in [6, 6.07) is 7.72. The zero-order chi connectivity index (χ0) is 13.8. The minimum atomic E-state index is -0.272. The van der Waals surface area contributed by atoms with Crippen molar-refractivity contribution in [3.8, 4) is 0 Å². The van der Waals surface area contributed by atoms with Gasteiger partial charge in [-0.25, -0.2) is 4.39 Å². The maximum absolute atomic E-state index is 14.0. The Hall–Kier alpha value is -1.01. The van der Waals surface area contributed by atoms with E-state index in [1.807, 2.05) is 19.1 Å². The van der Waals surface area contributed by atoms with Crippen molar-refractivity contribution in [3.63, 3.8) is 0 Å². The molecule has 0 amide bonds. The van der Waals surface area contributed by atoms with Crippen LogP contribution in [0.1, 0.15) is 29.7 Å². The molecule has 0 fully saturated rings. The molecule has 1 heterocycles. The average Bonchev–Trinajstić information content (AvgIpc) is 2.41. The van der Waals surface area contributed by atoms with Crippen molar-refractivity contribution in [1.29, 1.82) is 0 Å². The highest BCUT2D eigenvalue weighted by molar-refractivity contribution is 14.1. The molecular formula is C15H16FIN2. The minimum Gasteiger partial charge on any atom is -0.306 e. The summed E-state index contributed by atoms with van der Waals surface area (Å²) in [4.78, 5) is 3.82. The zero-order valence-electron chi connectivity index (χ0n) is 11.0. The van der Waals surface area contributed by atoms with Gasteiger partial charge in [0.1, 0.15) is 5.82 Å². The first-order chi connectivity index (χ1) is 9.15. The van der Waals surface area contributed by atoms with Crippen molar-refractivity contribution in [3.05, 3.63) is 62.7 Å². The second-order valence-electron chi connectivity index (χ2n) is 4.37. The molecule has 0 aliphatic carbocycles. The Bertz CT molecular complexity index is 572. The van der Waals surface area contributed by atoms with Gasteiger partial charge in [0.15, 0.2) is 0 Å². The number of hydrogen-bond donors (Lipinski definition) is 1. The summed E-state index contributed by atoms with van der Waals surface area (Å²) in [5.74, 6) is -0.272. The van der Waals surface area contributed by atoms with Crippen LogP contribution in [0.25, 0.3) is 0 Å². The van der Waals surface area contributed by atoms with Crippen LogP contribution in [-0.2, 0) is 0 Å². The van der Waals surface area contributed by atoms with Crippen molar-refractivity contribution in [2.45, 2.75) is 19.9 Å². The zero-order valence-corrected chi connectivity index (χ0v) is 13.1. The van der Waals surface area contributed by atoms with Gasteiger partial charge in [0.2, 0.25) is 0 Å². The van der Waals surface area contributed by atoms with Crippen LogP contribution in [0.4, 0.5) is 4.39 Å². The number of benzene rings is 1. The summed E-state index contributed by atoms with van der Waals surface area (Å²) in [7, 11) is 0. The largest absolute Gasteiger partial charge is 0.306 e. The van der Waals surface area contributed by atoms with Crippen molar-refractivity contribution in [2.24, 2.45) is 0 Å². The van der Waals surface area contributed by atoms with Crippen LogP contribution in [0.5, 0.6) is 0 Å². The van der Waals surface area contributed by atoms with E-state index >= 15 is 0 Å². The third-order valence-electron chi connectivity index (χ3n) is 3.06. The van der Waals surface area contributed by atoms with Crippen LogP contribution in [0.2, 0.25) is 0 Å². The molecule has 0 aliphatic rings. The van der Waals surface area contributed by atoms with Crippen LogP contribution in [0.3, 0.4) is 0 Å². The number of pyridine rings is 1. The van der Waals surface area contributed by atoms with Crippen LogP contribution < -0.4 is 5.32 Å². The average molecular weight is 370 g/mol. The van der Waals surface area contributed by atoms with E-state index in [0.717, 1.165) is 12.1 Å². The fraction of sp³-hybridized carbons (Fsp3) is 0.267.